The summed E-state index contributed by atoms with van der Waals surface area (Å²) < 4.78 is 24.7. The van der Waals surface area contributed by atoms with E-state index in [9.17, 15) is 9.18 Å². The molecule has 10 nitrogen and oxygen atoms in total. The average molecular weight is 562 g/mol. The zero-order valence-corrected chi connectivity index (χ0v) is 23.6. The topological polar surface area (TPSA) is 120 Å². The number of para-hydroxylation sites is 1. The highest BCUT2D eigenvalue weighted by atomic mass is 19.1. The van der Waals surface area contributed by atoms with E-state index in [0.717, 1.165) is 43.9 Å². The number of halogens is 1. The molecule has 1 atom stereocenters. The molecule has 3 heterocycles. The van der Waals surface area contributed by atoms with Crippen LogP contribution < -0.4 is 15.8 Å². The van der Waals surface area contributed by atoms with Crippen molar-refractivity contribution in [3.63, 3.8) is 0 Å². The van der Waals surface area contributed by atoms with Crippen LogP contribution in [-0.4, -0.2) is 70.6 Å². The fourth-order valence-electron chi connectivity index (χ4n) is 4.69. The number of ether oxygens (including phenoxy) is 2. The highest BCUT2D eigenvalue weighted by molar-refractivity contribution is 5.89. The van der Waals surface area contributed by atoms with Gasteiger partial charge in [-0.05, 0) is 62.6 Å². The van der Waals surface area contributed by atoms with Crippen LogP contribution in [0.2, 0.25) is 0 Å². The fraction of sp³-hybridized carbons (Fsp3) is 0.333. The Morgan fingerprint density at radius 2 is 1.83 bits per heavy atom. The van der Waals surface area contributed by atoms with Gasteiger partial charge in [-0.1, -0.05) is 30.3 Å². The third-order valence-electron chi connectivity index (χ3n) is 6.77. The third-order valence-corrected chi connectivity index (χ3v) is 6.77. The minimum absolute atomic E-state index is 0.155. The molecule has 0 aliphatic carbocycles. The zero-order valence-electron chi connectivity index (χ0n) is 23.6. The number of nitrogens with two attached hydrogens (primary N) is 1. The largest absolute Gasteiger partial charge is 0.464 e. The fourth-order valence-corrected chi connectivity index (χ4v) is 4.69. The molecule has 0 spiro atoms. The van der Waals surface area contributed by atoms with Crippen molar-refractivity contribution in [1.29, 1.82) is 0 Å². The molecule has 1 fully saturated rings. The van der Waals surface area contributed by atoms with Gasteiger partial charge in [0.1, 0.15) is 17.3 Å². The maximum absolute atomic E-state index is 12.8. The van der Waals surface area contributed by atoms with Crippen molar-refractivity contribution in [3.05, 3.63) is 83.9 Å². The van der Waals surface area contributed by atoms with Gasteiger partial charge in [0, 0.05) is 43.7 Å². The maximum Gasteiger partial charge on any atom is 0.317 e. The van der Waals surface area contributed by atoms with Crippen molar-refractivity contribution in [1.82, 2.24) is 24.6 Å². The number of aromatic nitrogens is 4. The predicted octanol–water partition coefficient (Wildman–Crippen LogP) is 4.79. The van der Waals surface area contributed by atoms with Crippen LogP contribution in [-0.2, 0) is 4.74 Å². The molecule has 4 aromatic rings. The Morgan fingerprint density at radius 3 is 2.46 bits per heavy atom. The standard InChI is InChI=1S/C17H18N6O2.C13H18FNO/c1-3-25-17-19-9-12(10-20-17)14-11(2)15(21-16(18)24)23(22-14)13-7-5-4-6-8-13;1-16-9-8-15-7-6-12(10-15)11-2-4-13(14)5-3-11/h4-10H,3H2,1-2H3,(H3,18,21,24);2-5,12H,6-10H2,1H3. The molecule has 41 heavy (non-hydrogen) atoms. The number of nitrogens with one attached hydrogen (secondary N) is 1. The van der Waals surface area contributed by atoms with Gasteiger partial charge in [0.25, 0.3) is 0 Å². The normalized spacial score (nSPS) is 14.8. The minimum atomic E-state index is -0.658. The molecule has 0 saturated carbocycles. The number of hydrogen-bond donors (Lipinski definition) is 2. The summed E-state index contributed by atoms with van der Waals surface area (Å²) in [7, 11) is 1.73. The van der Waals surface area contributed by atoms with Crippen LogP contribution >= 0.6 is 0 Å². The van der Waals surface area contributed by atoms with Crippen LogP contribution in [0.3, 0.4) is 0 Å². The molecule has 1 aliphatic heterocycles. The molecule has 1 unspecified atom stereocenters. The summed E-state index contributed by atoms with van der Waals surface area (Å²) in [6, 6.07) is 16.0. The number of hydrogen-bond acceptors (Lipinski definition) is 7. The van der Waals surface area contributed by atoms with E-state index in [1.807, 2.05) is 56.3 Å². The molecule has 216 valence electrons. The number of likely N-dealkylation sites (tertiary alicyclic amines) is 1. The minimum Gasteiger partial charge on any atom is -0.464 e. The first-order valence-electron chi connectivity index (χ1n) is 13.5. The number of primary amides is 1. The quantitative estimate of drug-likeness (QED) is 0.302. The van der Waals surface area contributed by atoms with Crippen LogP contribution in [0.25, 0.3) is 16.9 Å². The average Bonchev–Trinajstić information content (AvgIpc) is 3.58. The number of benzene rings is 2. The van der Waals surface area contributed by atoms with E-state index in [2.05, 4.69) is 25.3 Å². The summed E-state index contributed by atoms with van der Waals surface area (Å²) in [4.78, 5) is 22.1. The highest BCUT2D eigenvalue weighted by Crippen LogP contribution is 2.30. The molecule has 0 bridgehead atoms. The number of amides is 2. The second-order valence-corrected chi connectivity index (χ2v) is 9.58. The first-order chi connectivity index (χ1) is 19.9. The van der Waals surface area contributed by atoms with Gasteiger partial charge in [-0.2, -0.15) is 5.10 Å². The Morgan fingerprint density at radius 1 is 1.12 bits per heavy atom. The second kappa shape index (κ2) is 14.3. The number of nitrogens with zero attached hydrogens (tertiary/aromatic N) is 5. The van der Waals surface area contributed by atoms with E-state index in [0.29, 0.717) is 35.6 Å². The SMILES string of the molecule is CCOc1ncc(-c2nn(-c3ccccc3)c(NC(N)=O)c2C)cn1.COCCN1CCC(c2ccc(F)cc2)C1. The Balaban J connectivity index is 0.000000208. The molecule has 1 aliphatic rings. The number of carbonyl (C=O) groups is 1. The van der Waals surface area contributed by atoms with Gasteiger partial charge in [-0.15, -0.1) is 0 Å². The highest BCUT2D eigenvalue weighted by Gasteiger charge is 2.23. The summed E-state index contributed by atoms with van der Waals surface area (Å²) in [5.74, 6) is 0.901. The number of carbonyl (C=O) groups excluding carboxylic acids is 1. The predicted molar refractivity (Wildman–Crippen MR) is 156 cm³/mol. The second-order valence-electron chi connectivity index (χ2n) is 9.58. The number of anilines is 1. The first-order valence-corrected chi connectivity index (χ1v) is 13.5. The van der Waals surface area contributed by atoms with Gasteiger partial charge < -0.3 is 20.1 Å². The van der Waals surface area contributed by atoms with Crippen molar-refractivity contribution in [3.8, 4) is 23.0 Å². The van der Waals surface area contributed by atoms with Crippen molar-refractivity contribution in [2.24, 2.45) is 5.73 Å². The molecule has 0 radical (unpaired) electrons. The molecule has 11 heteroatoms. The summed E-state index contributed by atoms with van der Waals surface area (Å²) in [5.41, 5.74) is 9.48. The Labute approximate surface area is 239 Å². The summed E-state index contributed by atoms with van der Waals surface area (Å²) >= 11 is 0. The van der Waals surface area contributed by atoms with Crippen LogP contribution in [0.5, 0.6) is 6.01 Å². The van der Waals surface area contributed by atoms with Crippen LogP contribution in [0, 0.1) is 12.7 Å². The summed E-state index contributed by atoms with van der Waals surface area (Å²) in [6.45, 7) is 8.17. The summed E-state index contributed by atoms with van der Waals surface area (Å²) in [6.07, 6.45) is 4.43. The molecular formula is C30H36FN7O3. The Kier molecular flexibility index (Phi) is 10.4. The maximum atomic E-state index is 12.8. The third kappa shape index (κ3) is 7.86. The van der Waals surface area contributed by atoms with Crippen molar-refractivity contribution >= 4 is 11.8 Å². The molecular weight excluding hydrogens is 525 g/mol. The molecule has 1 saturated heterocycles. The van der Waals surface area contributed by atoms with Gasteiger partial charge in [0.2, 0.25) is 0 Å². The van der Waals surface area contributed by atoms with Crippen molar-refractivity contribution < 1.29 is 18.7 Å². The van der Waals surface area contributed by atoms with E-state index in [-0.39, 0.29) is 5.82 Å². The van der Waals surface area contributed by atoms with E-state index in [1.54, 1.807) is 36.3 Å². The lowest BCUT2D eigenvalue weighted by Crippen LogP contribution is -2.24. The van der Waals surface area contributed by atoms with Gasteiger partial charge >= 0.3 is 12.0 Å². The van der Waals surface area contributed by atoms with E-state index in [4.69, 9.17) is 15.2 Å². The Hall–Kier alpha value is -4.35. The summed E-state index contributed by atoms with van der Waals surface area (Å²) in [5, 5.41) is 7.24. The monoisotopic (exact) mass is 561 g/mol. The lowest BCUT2D eigenvalue weighted by atomic mass is 9.99. The van der Waals surface area contributed by atoms with E-state index in [1.165, 1.54) is 5.56 Å². The lowest BCUT2D eigenvalue weighted by Gasteiger charge is -2.15. The molecule has 3 N–H and O–H groups in total. The van der Waals surface area contributed by atoms with Crippen LogP contribution in [0.1, 0.15) is 30.4 Å². The first kappa shape index (κ1) is 29.6. The van der Waals surface area contributed by atoms with Crippen molar-refractivity contribution in [2.75, 3.05) is 45.3 Å². The van der Waals surface area contributed by atoms with E-state index < -0.39 is 6.03 Å². The lowest BCUT2D eigenvalue weighted by molar-refractivity contribution is 0.160. The molecule has 2 aromatic carbocycles. The zero-order chi connectivity index (χ0) is 29.2. The van der Waals surface area contributed by atoms with Gasteiger partial charge in [-0.3, -0.25) is 5.32 Å². The molecule has 2 amide bonds. The van der Waals surface area contributed by atoms with Gasteiger partial charge in [0.15, 0.2) is 0 Å². The van der Waals surface area contributed by atoms with Crippen LogP contribution in [0.15, 0.2) is 67.0 Å². The number of urea groups is 1. The Bertz CT molecular complexity index is 1400. The van der Waals surface area contributed by atoms with Crippen molar-refractivity contribution in [2.45, 2.75) is 26.2 Å². The van der Waals surface area contributed by atoms with Crippen LogP contribution in [0.4, 0.5) is 15.0 Å². The van der Waals surface area contributed by atoms with Gasteiger partial charge in [-0.25, -0.2) is 23.8 Å². The molecule has 2 aromatic heterocycles. The smallest absolute Gasteiger partial charge is 0.317 e. The number of rotatable bonds is 9. The van der Waals surface area contributed by atoms with Gasteiger partial charge in [0.05, 0.1) is 18.9 Å². The molecule has 5 rings (SSSR count). The van der Waals surface area contributed by atoms with E-state index >= 15 is 0 Å². The number of methoxy groups -OCH3 is 1.